The van der Waals surface area contributed by atoms with Crippen molar-refractivity contribution in [2.24, 2.45) is 5.73 Å². The number of hydrogen-bond acceptors (Lipinski definition) is 4. The van der Waals surface area contributed by atoms with Gasteiger partial charge < -0.3 is 19.9 Å². The Morgan fingerprint density at radius 1 is 1.10 bits per heavy atom. The van der Waals surface area contributed by atoms with Gasteiger partial charge in [0.25, 0.3) is 0 Å². The molecular formula is C15H23F2NO3. The first-order chi connectivity index (χ1) is 10.1. The van der Waals surface area contributed by atoms with Crippen molar-refractivity contribution in [1.82, 2.24) is 0 Å². The highest BCUT2D eigenvalue weighted by Crippen LogP contribution is 2.24. The molecule has 21 heavy (non-hydrogen) atoms. The molecule has 1 atom stereocenters. The van der Waals surface area contributed by atoms with E-state index in [2.05, 4.69) is 0 Å². The van der Waals surface area contributed by atoms with Crippen LogP contribution in [0.25, 0.3) is 0 Å². The largest absolute Gasteiger partial charge is 0.485 e. The van der Waals surface area contributed by atoms with Crippen molar-refractivity contribution in [3.05, 3.63) is 29.3 Å². The maximum atomic E-state index is 13.8. The van der Waals surface area contributed by atoms with Crippen LogP contribution in [0.2, 0.25) is 0 Å². The summed E-state index contributed by atoms with van der Waals surface area (Å²) in [7, 11) is 1.57. The van der Waals surface area contributed by atoms with Gasteiger partial charge in [0, 0.05) is 13.2 Å². The summed E-state index contributed by atoms with van der Waals surface area (Å²) in [5.41, 5.74) is 6.31. The zero-order chi connectivity index (χ0) is 15.7. The molecule has 1 aromatic rings. The van der Waals surface area contributed by atoms with E-state index >= 15 is 0 Å². The third-order valence-electron chi connectivity index (χ3n) is 2.99. The van der Waals surface area contributed by atoms with Crippen molar-refractivity contribution < 1.29 is 23.0 Å². The molecule has 0 aliphatic carbocycles. The lowest BCUT2D eigenvalue weighted by Gasteiger charge is -2.12. The smallest absolute Gasteiger partial charge is 0.190 e. The van der Waals surface area contributed by atoms with Gasteiger partial charge in [-0.3, -0.25) is 0 Å². The van der Waals surface area contributed by atoms with Crippen LogP contribution in [0, 0.1) is 11.6 Å². The Morgan fingerprint density at radius 3 is 2.29 bits per heavy atom. The molecule has 0 aliphatic rings. The predicted octanol–water partition coefficient (Wildman–Crippen LogP) is 2.29. The van der Waals surface area contributed by atoms with Crippen molar-refractivity contribution in [3.8, 4) is 5.75 Å². The first-order valence-corrected chi connectivity index (χ1v) is 7.01. The summed E-state index contributed by atoms with van der Waals surface area (Å²) < 4.78 is 42.7. The van der Waals surface area contributed by atoms with Gasteiger partial charge in [-0.25, -0.2) is 8.78 Å². The lowest BCUT2D eigenvalue weighted by molar-refractivity contribution is 0.0531. The van der Waals surface area contributed by atoms with E-state index in [4.69, 9.17) is 19.9 Å². The average molecular weight is 303 g/mol. The summed E-state index contributed by atoms with van der Waals surface area (Å²) in [6.45, 7) is 3.13. The molecule has 0 saturated carbocycles. The van der Waals surface area contributed by atoms with Crippen LogP contribution in [-0.4, -0.2) is 39.6 Å². The molecule has 0 bridgehead atoms. The molecule has 0 aromatic heterocycles. The van der Waals surface area contributed by atoms with Gasteiger partial charge in [-0.05, 0) is 30.5 Å². The van der Waals surface area contributed by atoms with Gasteiger partial charge in [0.15, 0.2) is 17.4 Å². The van der Waals surface area contributed by atoms with Crippen LogP contribution in [0.4, 0.5) is 8.78 Å². The van der Waals surface area contributed by atoms with Crippen LogP contribution >= 0.6 is 0 Å². The van der Waals surface area contributed by atoms with E-state index in [1.165, 1.54) is 12.1 Å². The standard InChI is InChI=1S/C15H23F2NO3/c1-3-12(18)8-11-9-13(16)15(14(17)10-11)21-7-6-20-5-4-19-2/h9-10,12H,3-8,18H2,1-2H3. The fraction of sp³-hybridized carbons (Fsp3) is 0.600. The van der Waals surface area contributed by atoms with E-state index in [9.17, 15) is 8.78 Å². The Kier molecular flexibility index (Phi) is 8.19. The number of hydrogen-bond donors (Lipinski definition) is 1. The van der Waals surface area contributed by atoms with Gasteiger partial charge in [-0.2, -0.15) is 0 Å². The zero-order valence-electron chi connectivity index (χ0n) is 12.5. The van der Waals surface area contributed by atoms with E-state index < -0.39 is 11.6 Å². The lowest BCUT2D eigenvalue weighted by atomic mass is 10.0. The van der Waals surface area contributed by atoms with Crippen molar-refractivity contribution >= 4 is 0 Å². The molecule has 0 radical (unpaired) electrons. The predicted molar refractivity (Wildman–Crippen MR) is 76.5 cm³/mol. The summed E-state index contributed by atoms with van der Waals surface area (Å²) in [6.07, 6.45) is 1.19. The fourth-order valence-electron chi connectivity index (χ4n) is 1.76. The molecule has 0 amide bonds. The summed E-state index contributed by atoms with van der Waals surface area (Å²) >= 11 is 0. The Labute approximate surface area is 124 Å². The van der Waals surface area contributed by atoms with E-state index in [-0.39, 0.29) is 25.0 Å². The van der Waals surface area contributed by atoms with Gasteiger partial charge in [-0.15, -0.1) is 0 Å². The molecule has 0 aliphatic heterocycles. The van der Waals surface area contributed by atoms with Gasteiger partial charge in [-0.1, -0.05) is 6.92 Å². The second-order valence-electron chi connectivity index (χ2n) is 4.71. The van der Waals surface area contributed by atoms with Gasteiger partial charge in [0.05, 0.1) is 19.8 Å². The SMILES string of the molecule is CCC(N)Cc1cc(F)c(OCCOCCOC)c(F)c1. The van der Waals surface area contributed by atoms with Crippen LogP contribution < -0.4 is 10.5 Å². The number of methoxy groups -OCH3 is 1. The summed E-state index contributed by atoms with van der Waals surface area (Å²) in [4.78, 5) is 0. The molecular weight excluding hydrogens is 280 g/mol. The Hall–Kier alpha value is -1.24. The number of halogens is 2. The second-order valence-corrected chi connectivity index (χ2v) is 4.71. The van der Waals surface area contributed by atoms with Gasteiger partial charge in [0.2, 0.25) is 0 Å². The van der Waals surface area contributed by atoms with Crippen molar-refractivity contribution in [2.45, 2.75) is 25.8 Å². The minimum absolute atomic E-state index is 0.0748. The number of nitrogens with two attached hydrogens (primary N) is 1. The zero-order valence-corrected chi connectivity index (χ0v) is 12.5. The van der Waals surface area contributed by atoms with Gasteiger partial charge in [0.1, 0.15) is 6.61 Å². The minimum Gasteiger partial charge on any atom is -0.485 e. The quantitative estimate of drug-likeness (QED) is 0.674. The Bertz CT molecular complexity index is 406. The molecule has 2 N–H and O–H groups in total. The second kappa shape index (κ2) is 9.65. The van der Waals surface area contributed by atoms with E-state index in [1.807, 2.05) is 6.92 Å². The average Bonchev–Trinajstić information content (AvgIpc) is 2.44. The summed E-state index contributed by atoms with van der Waals surface area (Å²) in [5, 5.41) is 0. The van der Waals surface area contributed by atoms with Crippen molar-refractivity contribution in [3.63, 3.8) is 0 Å². The first kappa shape index (κ1) is 17.8. The topological polar surface area (TPSA) is 53.7 Å². The molecule has 120 valence electrons. The molecule has 4 nitrogen and oxygen atoms in total. The molecule has 1 aromatic carbocycles. The number of benzene rings is 1. The summed E-state index contributed by atoms with van der Waals surface area (Å²) in [5.74, 6) is -1.81. The highest BCUT2D eigenvalue weighted by Gasteiger charge is 2.14. The van der Waals surface area contributed by atoms with Crippen LogP contribution in [0.5, 0.6) is 5.75 Å². The maximum Gasteiger partial charge on any atom is 0.190 e. The first-order valence-electron chi connectivity index (χ1n) is 7.01. The van der Waals surface area contributed by atoms with Crippen LogP contribution in [0.15, 0.2) is 12.1 Å². The van der Waals surface area contributed by atoms with Crippen LogP contribution in [-0.2, 0) is 15.9 Å². The van der Waals surface area contributed by atoms with Gasteiger partial charge >= 0.3 is 0 Å². The molecule has 0 spiro atoms. The lowest BCUT2D eigenvalue weighted by Crippen LogP contribution is -2.21. The molecule has 0 saturated heterocycles. The summed E-state index contributed by atoms with van der Waals surface area (Å²) in [6, 6.07) is 2.42. The van der Waals surface area contributed by atoms with E-state index in [1.54, 1.807) is 7.11 Å². The number of rotatable bonds is 10. The normalized spacial score (nSPS) is 12.4. The third-order valence-corrected chi connectivity index (χ3v) is 2.99. The van der Waals surface area contributed by atoms with Crippen LogP contribution in [0.1, 0.15) is 18.9 Å². The Morgan fingerprint density at radius 2 is 1.71 bits per heavy atom. The molecule has 1 unspecified atom stereocenters. The highest BCUT2D eigenvalue weighted by molar-refractivity contribution is 5.31. The molecule has 6 heteroatoms. The molecule has 1 rings (SSSR count). The molecule has 0 fully saturated rings. The van der Waals surface area contributed by atoms with Crippen LogP contribution in [0.3, 0.4) is 0 Å². The highest BCUT2D eigenvalue weighted by atomic mass is 19.1. The molecule has 0 heterocycles. The van der Waals surface area contributed by atoms with Crippen molar-refractivity contribution in [1.29, 1.82) is 0 Å². The number of ether oxygens (including phenoxy) is 3. The fourth-order valence-corrected chi connectivity index (χ4v) is 1.76. The third kappa shape index (κ3) is 6.37. The van der Waals surface area contributed by atoms with E-state index in [0.29, 0.717) is 25.2 Å². The minimum atomic E-state index is -0.717. The van der Waals surface area contributed by atoms with E-state index in [0.717, 1.165) is 6.42 Å². The maximum absolute atomic E-state index is 13.8. The Balaban J connectivity index is 2.51. The van der Waals surface area contributed by atoms with Crippen molar-refractivity contribution in [2.75, 3.05) is 33.5 Å². The monoisotopic (exact) mass is 303 g/mol.